The number of carbonyl (C=O) groups excluding carboxylic acids is 5. The van der Waals surface area contributed by atoms with Gasteiger partial charge in [-0.15, -0.1) is 0 Å². The van der Waals surface area contributed by atoms with E-state index in [0.717, 1.165) is 34.8 Å². The number of ether oxygens (including phenoxy) is 2. The summed E-state index contributed by atoms with van der Waals surface area (Å²) in [6.07, 6.45) is 20.9. The molecule has 2 aliphatic rings. The number of allylic oxidation sites excluding steroid dienone is 19. The molecule has 15 nitrogen and oxygen atoms in total. The van der Waals surface area contributed by atoms with Gasteiger partial charge in [-0.05, 0) is 75.9 Å². The molecule has 6 atom stereocenters. The van der Waals surface area contributed by atoms with Gasteiger partial charge in [0.25, 0.3) is 0 Å². The minimum Gasteiger partial charge on any atom is -0.481 e. The van der Waals surface area contributed by atoms with Crippen molar-refractivity contribution in [1.82, 2.24) is 0 Å². The smallest absolute Gasteiger partial charge is 0.336 e. The van der Waals surface area contributed by atoms with Crippen molar-refractivity contribution in [3.8, 4) is 0 Å². The molecule has 370 valence electrons. The van der Waals surface area contributed by atoms with Crippen molar-refractivity contribution in [2.75, 3.05) is 0 Å². The number of aliphatic carboxylic acids is 3. The van der Waals surface area contributed by atoms with Crippen LogP contribution in [-0.4, -0.2) is 96.1 Å². The van der Waals surface area contributed by atoms with Crippen LogP contribution >= 0.6 is 0 Å². The Kier molecular flexibility index (Phi) is 20.9. The van der Waals surface area contributed by atoms with E-state index in [2.05, 4.69) is 0 Å². The van der Waals surface area contributed by atoms with E-state index in [0.29, 0.717) is 5.57 Å². The molecule has 0 radical (unpaired) electrons. The van der Waals surface area contributed by atoms with E-state index < -0.39 is 107 Å². The minimum absolute atomic E-state index is 0.0956. The summed E-state index contributed by atoms with van der Waals surface area (Å²) in [6.45, 7) is 19.9. The van der Waals surface area contributed by atoms with Crippen molar-refractivity contribution in [2.24, 2.45) is 22.7 Å². The van der Waals surface area contributed by atoms with Crippen LogP contribution in [0.15, 0.2) is 119 Å². The maximum absolute atomic E-state index is 13.3. The number of ketones is 3. The molecule has 0 aromatic carbocycles. The first-order valence-corrected chi connectivity index (χ1v) is 22.2. The highest BCUT2D eigenvalue weighted by Crippen LogP contribution is 2.45. The van der Waals surface area contributed by atoms with E-state index in [-0.39, 0.29) is 24.5 Å². The largest absolute Gasteiger partial charge is 0.481 e. The van der Waals surface area contributed by atoms with Crippen LogP contribution in [0.2, 0.25) is 0 Å². The molecule has 0 heterocycles. The summed E-state index contributed by atoms with van der Waals surface area (Å²) < 4.78 is 10.7. The molecule has 5 N–H and O–H groups in total. The lowest BCUT2D eigenvalue weighted by Gasteiger charge is -2.43. The lowest BCUT2D eigenvalue weighted by molar-refractivity contribution is -0.175. The Labute approximate surface area is 398 Å². The van der Waals surface area contributed by atoms with Gasteiger partial charge >= 0.3 is 29.8 Å². The van der Waals surface area contributed by atoms with Gasteiger partial charge in [0.1, 0.15) is 5.78 Å². The number of hydrogen-bond acceptors (Lipinski definition) is 12. The molecule has 0 amide bonds. The standard InChI is InChI=1S/C53H68O15/c1-32(18-14-20-34(3)22-24-39-37(6)46(59)41(27-50(39,8)9)67-44(57)30-52(65,48(61)62)26-36(5)54)16-12-13-17-33(2)19-15-21-35(4)23-25-40-38(7)47(60)42(28-51(40,10)11)68-45(58)31-53(66,49(63)64)29-43(55)56/h12-25,37,39,41-42,65-66H,26-31H2,1-11H3,(H,55,56)(H,61,62)(H,63,64)/b13-12+,18-14+,19-15+,24-22+,25-23+,32-16+,33-17+,34-20+,35-21+. The zero-order valence-electron chi connectivity index (χ0n) is 41.0. The second kappa shape index (κ2) is 24.6. The zero-order chi connectivity index (χ0) is 51.9. The first-order chi connectivity index (χ1) is 31.3. The molecule has 0 bridgehead atoms. The first kappa shape index (κ1) is 57.8. The molecule has 6 unspecified atom stereocenters. The molecular weight excluding hydrogens is 877 g/mol. The van der Waals surface area contributed by atoms with Gasteiger partial charge in [0, 0.05) is 18.8 Å². The van der Waals surface area contributed by atoms with Crippen molar-refractivity contribution >= 4 is 47.2 Å². The Morgan fingerprint density at radius 3 is 1.54 bits per heavy atom. The summed E-state index contributed by atoms with van der Waals surface area (Å²) in [5.41, 5.74) is -1.64. The van der Waals surface area contributed by atoms with Gasteiger partial charge in [0.2, 0.25) is 0 Å². The van der Waals surface area contributed by atoms with Crippen molar-refractivity contribution in [2.45, 2.75) is 138 Å². The van der Waals surface area contributed by atoms with Crippen LogP contribution in [-0.2, 0) is 47.8 Å². The van der Waals surface area contributed by atoms with Gasteiger partial charge in [-0.1, -0.05) is 142 Å². The van der Waals surface area contributed by atoms with Crippen LogP contribution < -0.4 is 0 Å². The van der Waals surface area contributed by atoms with Gasteiger partial charge < -0.3 is 35.0 Å². The molecule has 1 fully saturated rings. The third-order valence-corrected chi connectivity index (χ3v) is 12.0. The number of carbonyl (C=O) groups is 8. The monoisotopic (exact) mass is 944 g/mol. The zero-order valence-corrected chi connectivity index (χ0v) is 41.0. The van der Waals surface area contributed by atoms with Gasteiger partial charge in [-0.3, -0.25) is 28.8 Å². The van der Waals surface area contributed by atoms with E-state index in [1.165, 1.54) is 0 Å². The Hall–Kier alpha value is -6.32. The van der Waals surface area contributed by atoms with Crippen molar-refractivity contribution < 1.29 is 73.4 Å². The highest BCUT2D eigenvalue weighted by Gasteiger charge is 2.48. The average Bonchev–Trinajstić information content (AvgIpc) is 3.19. The van der Waals surface area contributed by atoms with E-state index in [4.69, 9.17) is 14.6 Å². The SMILES string of the molecule is CC(=O)CC(O)(CC(=O)OC1CC(C)(C)C(/C=C/C(C)=C/C=C/C(C)=C/C=C/C=C(C)/C=C/C=C(C)/C=C/C2=C(C)C(=O)C(OC(=O)CC(O)(CC(=O)O)C(=O)O)CC2(C)C)C(C)C1=O)C(=O)O. The van der Waals surface area contributed by atoms with Crippen molar-refractivity contribution in [3.63, 3.8) is 0 Å². The molecule has 2 rings (SSSR count). The topological polar surface area (TPSA) is 256 Å². The Morgan fingerprint density at radius 1 is 0.632 bits per heavy atom. The predicted octanol–water partition coefficient (Wildman–Crippen LogP) is 7.81. The van der Waals surface area contributed by atoms with Crippen LogP contribution in [0.1, 0.15) is 115 Å². The number of rotatable bonds is 22. The molecular formula is C53H68O15. The van der Waals surface area contributed by atoms with Crippen LogP contribution in [0.3, 0.4) is 0 Å². The fraction of sp³-hybridized carbons (Fsp3) is 0.472. The second-order valence-electron chi connectivity index (χ2n) is 19.3. The number of aliphatic hydroxyl groups is 2. The quantitative estimate of drug-likeness (QED) is 0.0512. The number of carboxylic acids is 3. The van der Waals surface area contributed by atoms with Crippen molar-refractivity contribution in [3.05, 3.63) is 119 Å². The maximum Gasteiger partial charge on any atom is 0.336 e. The maximum atomic E-state index is 13.3. The van der Waals surface area contributed by atoms with Gasteiger partial charge in [-0.25, -0.2) is 9.59 Å². The predicted molar refractivity (Wildman–Crippen MR) is 255 cm³/mol. The summed E-state index contributed by atoms with van der Waals surface area (Å²) in [5.74, 6) is -9.56. The minimum atomic E-state index is -2.87. The summed E-state index contributed by atoms with van der Waals surface area (Å²) >= 11 is 0. The number of esters is 2. The lowest BCUT2D eigenvalue weighted by atomic mass is 9.62. The van der Waals surface area contributed by atoms with E-state index >= 15 is 0 Å². The normalized spacial score (nSPS) is 23.7. The van der Waals surface area contributed by atoms with Gasteiger partial charge in [0.05, 0.1) is 19.3 Å². The molecule has 68 heavy (non-hydrogen) atoms. The number of hydrogen-bond donors (Lipinski definition) is 5. The number of Topliss-reactive ketones (excluding diaryl/α,β-unsaturated/α-hetero) is 3. The Morgan fingerprint density at radius 2 is 1.07 bits per heavy atom. The highest BCUT2D eigenvalue weighted by molar-refractivity contribution is 6.02. The van der Waals surface area contributed by atoms with Crippen molar-refractivity contribution in [1.29, 1.82) is 0 Å². The second-order valence-corrected chi connectivity index (χ2v) is 19.3. The van der Waals surface area contributed by atoms with Crippen LogP contribution in [0.25, 0.3) is 0 Å². The summed E-state index contributed by atoms with van der Waals surface area (Å²) in [4.78, 5) is 97.2. The van der Waals surface area contributed by atoms with Crippen LogP contribution in [0.5, 0.6) is 0 Å². The first-order valence-electron chi connectivity index (χ1n) is 22.2. The average molecular weight is 945 g/mol. The molecule has 15 heteroatoms. The molecule has 0 aromatic rings. The summed E-state index contributed by atoms with van der Waals surface area (Å²) in [6, 6.07) is 0. The fourth-order valence-corrected chi connectivity index (χ4v) is 8.16. The highest BCUT2D eigenvalue weighted by atomic mass is 16.6. The molecule has 0 aliphatic heterocycles. The van der Waals surface area contributed by atoms with Gasteiger partial charge in [0.15, 0.2) is 35.0 Å². The van der Waals surface area contributed by atoms with E-state index in [1.54, 1.807) is 13.8 Å². The third-order valence-electron chi connectivity index (χ3n) is 12.0. The van der Waals surface area contributed by atoms with Crippen LogP contribution in [0.4, 0.5) is 0 Å². The fourth-order valence-electron chi connectivity index (χ4n) is 8.16. The molecule has 0 saturated heterocycles. The summed E-state index contributed by atoms with van der Waals surface area (Å²) in [5, 5.41) is 48.2. The van der Waals surface area contributed by atoms with E-state index in [1.807, 2.05) is 140 Å². The van der Waals surface area contributed by atoms with Crippen LogP contribution in [0, 0.1) is 22.7 Å². The molecule has 0 spiro atoms. The molecule has 0 aromatic heterocycles. The number of carboxylic acid groups (broad SMARTS) is 3. The third kappa shape index (κ3) is 17.4. The molecule has 1 saturated carbocycles. The molecule has 2 aliphatic carbocycles. The van der Waals surface area contributed by atoms with E-state index in [9.17, 15) is 58.8 Å². The summed E-state index contributed by atoms with van der Waals surface area (Å²) in [7, 11) is 0. The Balaban J connectivity index is 1.99. The Bertz CT molecular complexity index is 2300. The lowest BCUT2D eigenvalue weighted by Crippen LogP contribution is -2.49. The van der Waals surface area contributed by atoms with Gasteiger partial charge in [-0.2, -0.15) is 0 Å².